The van der Waals surface area contributed by atoms with Crippen LogP contribution in [0.15, 0.2) is 11.8 Å². The standard InChI is InChI=1S/C19H35N/c1-3-11-18(4-2)19(20-14-9-6-10-15-20)16-17-12-7-5-8-13-17/h16-18H,3-15H2,1-2H3. The SMILES string of the molecule is CCCC(CC)C(=CC1CCCCC1)N1CCCCC1. The number of hydrogen-bond donors (Lipinski definition) is 0. The average molecular weight is 277 g/mol. The predicted molar refractivity (Wildman–Crippen MR) is 88.8 cm³/mol. The van der Waals surface area contributed by atoms with Crippen molar-refractivity contribution in [1.29, 1.82) is 0 Å². The highest BCUT2D eigenvalue weighted by Crippen LogP contribution is 2.32. The fraction of sp³-hybridized carbons (Fsp3) is 0.895. The van der Waals surface area contributed by atoms with Crippen molar-refractivity contribution >= 4 is 0 Å². The first-order valence-corrected chi connectivity index (χ1v) is 9.31. The van der Waals surface area contributed by atoms with Crippen LogP contribution >= 0.6 is 0 Å². The van der Waals surface area contributed by atoms with E-state index in [-0.39, 0.29) is 0 Å². The van der Waals surface area contributed by atoms with Gasteiger partial charge in [-0.2, -0.15) is 0 Å². The van der Waals surface area contributed by atoms with Crippen molar-refractivity contribution in [2.45, 2.75) is 84.5 Å². The average Bonchev–Trinajstić information content (AvgIpc) is 2.52. The maximum Gasteiger partial charge on any atom is 0.0175 e. The Balaban J connectivity index is 2.10. The molecule has 0 bridgehead atoms. The molecular weight excluding hydrogens is 242 g/mol. The predicted octanol–water partition coefficient (Wildman–Crippen LogP) is 5.76. The quantitative estimate of drug-likeness (QED) is 0.596. The number of allylic oxidation sites excluding steroid dienone is 2. The number of hydrogen-bond acceptors (Lipinski definition) is 1. The molecule has 1 saturated heterocycles. The third-order valence-corrected chi connectivity index (χ3v) is 5.33. The highest BCUT2D eigenvalue weighted by molar-refractivity contribution is 5.09. The molecule has 2 rings (SSSR count). The van der Waals surface area contributed by atoms with E-state index in [9.17, 15) is 0 Å². The Morgan fingerprint density at radius 2 is 1.65 bits per heavy atom. The fourth-order valence-corrected chi connectivity index (χ4v) is 4.10. The molecule has 0 aromatic carbocycles. The summed E-state index contributed by atoms with van der Waals surface area (Å²) in [6.07, 6.45) is 18.3. The van der Waals surface area contributed by atoms with E-state index in [1.54, 1.807) is 5.70 Å². The van der Waals surface area contributed by atoms with Crippen molar-refractivity contribution in [3.8, 4) is 0 Å². The molecule has 1 heterocycles. The second-order valence-corrected chi connectivity index (χ2v) is 6.93. The summed E-state index contributed by atoms with van der Waals surface area (Å²) in [7, 11) is 0. The Hall–Kier alpha value is -0.460. The smallest absolute Gasteiger partial charge is 0.0175 e. The molecule has 0 amide bonds. The second kappa shape index (κ2) is 8.74. The summed E-state index contributed by atoms with van der Waals surface area (Å²) in [4.78, 5) is 2.75. The van der Waals surface area contributed by atoms with Gasteiger partial charge in [-0.05, 0) is 56.8 Å². The summed E-state index contributed by atoms with van der Waals surface area (Å²) in [5.41, 5.74) is 1.74. The number of rotatable bonds is 6. The van der Waals surface area contributed by atoms with Gasteiger partial charge in [-0.25, -0.2) is 0 Å². The molecular formula is C19H35N. The van der Waals surface area contributed by atoms with Gasteiger partial charge >= 0.3 is 0 Å². The monoisotopic (exact) mass is 277 g/mol. The van der Waals surface area contributed by atoms with Crippen LogP contribution in [-0.2, 0) is 0 Å². The van der Waals surface area contributed by atoms with Crippen molar-refractivity contribution in [2.24, 2.45) is 11.8 Å². The molecule has 1 heteroatoms. The van der Waals surface area contributed by atoms with Gasteiger partial charge in [0.15, 0.2) is 0 Å². The van der Waals surface area contributed by atoms with Gasteiger partial charge < -0.3 is 4.90 Å². The third-order valence-electron chi connectivity index (χ3n) is 5.33. The van der Waals surface area contributed by atoms with Gasteiger partial charge in [0.1, 0.15) is 0 Å². The molecule has 0 aromatic heterocycles. The van der Waals surface area contributed by atoms with E-state index < -0.39 is 0 Å². The summed E-state index contributed by atoms with van der Waals surface area (Å²) in [6, 6.07) is 0. The van der Waals surface area contributed by atoms with E-state index in [0.717, 1.165) is 11.8 Å². The lowest BCUT2D eigenvalue weighted by Crippen LogP contribution is -2.33. The van der Waals surface area contributed by atoms with Crippen LogP contribution in [0.2, 0.25) is 0 Å². The van der Waals surface area contributed by atoms with Crippen molar-refractivity contribution in [1.82, 2.24) is 4.90 Å². The fourth-order valence-electron chi connectivity index (χ4n) is 4.10. The van der Waals surface area contributed by atoms with Crippen molar-refractivity contribution in [2.75, 3.05) is 13.1 Å². The molecule has 1 nitrogen and oxygen atoms in total. The molecule has 0 aromatic rings. The van der Waals surface area contributed by atoms with E-state index in [4.69, 9.17) is 0 Å². The summed E-state index contributed by atoms with van der Waals surface area (Å²) in [5, 5.41) is 0. The van der Waals surface area contributed by atoms with Crippen LogP contribution in [-0.4, -0.2) is 18.0 Å². The summed E-state index contributed by atoms with van der Waals surface area (Å²) < 4.78 is 0. The molecule has 20 heavy (non-hydrogen) atoms. The van der Waals surface area contributed by atoms with Crippen molar-refractivity contribution < 1.29 is 0 Å². The molecule has 116 valence electrons. The van der Waals surface area contributed by atoms with Crippen LogP contribution in [0.3, 0.4) is 0 Å². The summed E-state index contributed by atoms with van der Waals surface area (Å²) in [6.45, 7) is 7.37. The minimum absolute atomic E-state index is 0.819. The second-order valence-electron chi connectivity index (χ2n) is 6.93. The van der Waals surface area contributed by atoms with Gasteiger partial charge in [0.05, 0.1) is 0 Å². The molecule has 1 atom stereocenters. The van der Waals surface area contributed by atoms with Gasteiger partial charge in [0, 0.05) is 18.8 Å². The molecule has 2 fully saturated rings. The summed E-state index contributed by atoms with van der Waals surface area (Å²) in [5.74, 6) is 1.70. The minimum atomic E-state index is 0.819. The maximum atomic E-state index is 2.75. The normalized spacial score (nSPS) is 23.9. The Bertz CT molecular complexity index is 275. The molecule has 0 spiro atoms. The van der Waals surface area contributed by atoms with Crippen LogP contribution in [0.4, 0.5) is 0 Å². The molecule has 1 aliphatic heterocycles. The van der Waals surface area contributed by atoms with Crippen LogP contribution in [0.25, 0.3) is 0 Å². The first kappa shape index (κ1) is 15.9. The topological polar surface area (TPSA) is 3.24 Å². The van der Waals surface area contributed by atoms with Crippen LogP contribution in [0, 0.1) is 11.8 Å². The van der Waals surface area contributed by atoms with E-state index in [0.29, 0.717) is 0 Å². The third kappa shape index (κ3) is 4.53. The summed E-state index contributed by atoms with van der Waals surface area (Å²) >= 11 is 0. The number of likely N-dealkylation sites (tertiary alicyclic amines) is 1. The molecule has 2 aliphatic rings. The molecule has 1 unspecified atom stereocenters. The van der Waals surface area contributed by atoms with Crippen molar-refractivity contribution in [3.63, 3.8) is 0 Å². The van der Waals surface area contributed by atoms with E-state index in [2.05, 4.69) is 24.8 Å². The van der Waals surface area contributed by atoms with Crippen LogP contribution in [0.1, 0.15) is 84.5 Å². The zero-order valence-electron chi connectivity index (χ0n) is 13.9. The Kier molecular flexibility index (Phi) is 6.96. The molecule has 0 N–H and O–H groups in total. The van der Waals surface area contributed by atoms with Crippen molar-refractivity contribution in [3.05, 3.63) is 11.8 Å². The minimum Gasteiger partial charge on any atom is -0.375 e. The molecule has 0 radical (unpaired) electrons. The number of nitrogens with zero attached hydrogens (tertiary/aromatic N) is 1. The first-order valence-electron chi connectivity index (χ1n) is 9.31. The largest absolute Gasteiger partial charge is 0.375 e. The Labute approximate surface area is 126 Å². The van der Waals surface area contributed by atoms with Crippen LogP contribution in [0.5, 0.6) is 0 Å². The Morgan fingerprint density at radius 1 is 1.00 bits per heavy atom. The Morgan fingerprint density at radius 3 is 2.25 bits per heavy atom. The van der Waals surface area contributed by atoms with Gasteiger partial charge in [-0.15, -0.1) is 0 Å². The maximum absolute atomic E-state index is 2.75. The van der Waals surface area contributed by atoms with Gasteiger partial charge in [-0.3, -0.25) is 0 Å². The van der Waals surface area contributed by atoms with E-state index >= 15 is 0 Å². The zero-order chi connectivity index (χ0) is 14.2. The lowest BCUT2D eigenvalue weighted by Gasteiger charge is -2.36. The molecule has 1 saturated carbocycles. The number of piperidine rings is 1. The van der Waals surface area contributed by atoms with Crippen LogP contribution < -0.4 is 0 Å². The zero-order valence-corrected chi connectivity index (χ0v) is 13.9. The van der Waals surface area contributed by atoms with Gasteiger partial charge in [0.2, 0.25) is 0 Å². The lowest BCUT2D eigenvalue weighted by atomic mass is 9.85. The first-order chi connectivity index (χ1) is 9.85. The molecule has 1 aliphatic carbocycles. The highest BCUT2D eigenvalue weighted by Gasteiger charge is 2.22. The lowest BCUT2D eigenvalue weighted by molar-refractivity contribution is 0.243. The van der Waals surface area contributed by atoms with Gasteiger partial charge in [0.25, 0.3) is 0 Å². The van der Waals surface area contributed by atoms with E-state index in [1.807, 2.05) is 0 Å². The van der Waals surface area contributed by atoms with Gasteiger partial charge in [-0.1, -0.05) is 45.6 Å². The highest BCUT2D eigenvalue weighted by atomic mass is 15.1. The van der Waals surface area contributed by atoms with E-state index in [1.165, 1.54) is 83.7 Å².